The van der Waals surface area contributed by atoms with E-state index in [-0.39, 0.29) is 54.2 Å². The predicted octanol–water partition coefficient (Wildman–Crippen LogP) is 1.68. The van der Waals surface area contributed by atoms with Gasteiger partial charge >= 0.3 is 29.6 Å². The van der Waals surface area contributed by atoms with Crippen LogP contribution >= 0.6 is 0 Å². The van der Waals surface area contributed by atoms with Gasteiger partial charge in [-0.1, -0.05) is 74.5 Å². The first-order valence-corrected chi connectivity index (χ1v) is 15.9. The van der Waals surface area contributed by atoms with Gasteiger partial charge in [-0.05, 0) is 54.2 Å². The summed E-state index contributed by atoms with van der Waals surface area (Å²) >= 11 is 0. The average molecular weight is 648 g/mol. The van der Waals surface area contributed by atoms with Gasteiger partial charge in [0.1, 0.15) is 0 Å². The molecule has 242 valence electrons. The van der Waals surface area contributed by atoms with Crippen LogP contribution in [0.15, 0.2) is 84.9 Å². The van der Waals surface area contributed by atoms with Gasteiger partial charge in [-0.25, -0.2) is 0 Å². The van der Waals surface area contributed by atoms with Crippen LogP contribution in [0.2, 0.25) is 0 Å². The monoisotopic (exact) mass is 647 g/mol. The number of anilines is 2. The second-order valence-electron chi connectivity index (χ2n) is 12.0. The Morgan fingerprint density at radius 3 is 2.09 bits per heavy atom. The van der Waals surface area contributed by atoms with E-state index in [4.69, 9.17) is 4.74 Å². The normalized spacial score (nSPS) is 14.4. The molecule has 2 heterocycles. The summed E-state index contributed by atoms with van der Waals surface area (Å²) in [6.07, 6.45) is -2.57. The molecule has 10 heteroatoms. The number of hydrogen-bond acceptors (Lipinski definition) is 7. The molecule has 47 heavy (non-hydrogen) atoms. The number of para-hydroxylation sites is 1. The summed E-state index contributed by atoms with van der Waals surface area (Å²) in [7, 11) is 0. The van der Waals surface area contributed by atoms with E-state index in [2.05, 4.69) is 39.0 Å². The van der Waals surface area contributed by atoms with Crippen LogP contribution < -0.4 is 44.9 Å². The summed E-state index contributed by atoms with van der Waals surface area (Å²) < 4.78 is 7.65. The molecule has 0 radical (unpaired) electrons. The van der Waals surface area contributed by atoms with Crippen LogP contribution in [-0.4, -0.2) is 65.2 Å². The number of benzene rings is 3. The van der Waals surface area contributed by atoms with Gasteiger partial charge in [0.05, 0.1) is 36.7 Å². The Morgan fingerprint density at radius 1 is 0.872 bits per heavy atom. The fourth-order valence-corrected chi connectivity index (χ4v) is 6.24. The Labute approximate surface area is 298 Å². The third-order valence-electron chi connectivity index (χ3n) is 8.32. The molecular weight excluding hydrogens is 605 g/mol. The van der Waals surface area contributed by atoms with Gasteiger partial charge in [-0.3, -0.25) is 4.79 Å². The molecule has 5 rings (SSSR count). The number of aromatic nitrogens is 1. The number of morpholine rings is 1. The number of carbonyl (C=O) groups is 2. The molecule has 1 aromatic heterocycles. The van der Waals surface area contributed by atoms with Crippen LogP contribution in [-0.2, 0) is 16.1 Å². The molecule has 4 aromatic rings. The van der Waals surface area contributed by atoms with Crippen LogP contribution in [0.4, 0.5) is 11.4 Å². The molecule has 9 nitrogen and oxygen atoms in total. The fraction of sp³-hybridized carbons (Fsp3) is 0.351. The van der Waals surface area contributed by atoms with Crippen LogP contribution in [0.5, 0.6) is 0 Å². The number of hydrogen-bond donors (Lipinski definition) is 3. The molecule has 1 amide bonds. The second-order valence-corrected chi connectivity index (χ2v) is 12.0. The van der Waals surface area contributed by atoms with E-state index in [9.17, 15) is 24.9 Å². The van der Waals surface area contributed by atoms with Crippen molar-refractivity contribution in [1.82, 2.24) is 4.57 Å². The zero-order valence-corrected chi connectivity index (χ0v) is 29.4. The van der Waals surface area contributed by atoms with Gasteiger partial charge in [0, 0.05) is 54.7 Å². The molecule has 1 aliphatic rings. The van der Waals surface area contributed by atoms with Crippen LogP contribution in [0.3, 0.4) is 0 Å². The summed E-state index contributed by atoms with van der Waals surface area (Å²) in [4.78, 5) is 27.6. The number of carboxylic acid groups (broad SMARTS) is 1. The summed E-state index contributed by atoms with van der Waals surface area (Å²) in [5, 5.41) is 35.1. The van der Waals surface area contributed by atoms with Crippen molar-refractivity contribution in [3.8, 4) is 22.4 Å². The van der Waals surface area contributed by atoms with Gasteiger partial charge in [0.15, 0.2) is 0 Å². The Balaban J connectivity index is 0.00000500. The van der Waals surface area contributed by atoms with E-state index >= 15 is 0 Å². The zero-order valence-electron chi connectivity index (χ0n) is 27.4. The Bertz CT molecular complexity index is 1600. The van der Waals surface area contributed by atoms with Crippen LogP contribution in [0.25, 0.3) is 22.4 Å². The minimum Gasteiger partial charge on any atom is -0.550 e. The third kappa shape index (κ3) is 9.13. The number of aliphatic carboxylic acids is 1. The van der Waals surface area contributed by atoms with Crippen molar-refractivity contribution in [2.45, 2.75) is 57.8 Å². The minimum absolute atomic E-state index is 0. The van der Waals surface area contributed by atoms with E-state index in [0.717, 1.165) is 46.9 Å². The van der Waals surface area contributed by atoms with Crippen molar-refractivity contribution in [3.63, 3.8) is 0 Å². The molecule has 0 spiro atoms. The fourth-order valence-electron chi connectivity index (χ4n) is 6.24. The number of carboxylic acids is 1. The quantitative estimate of drug-likeness (QED) is 0.189. The van der Waals surface area contributed by atoms with Crippen molar-refractivity contribution >= 4 is 23.3 Å². The molecule has 0 saturated carbocycles. The van der Waals surface area contributed by atoms with Crippen LogP contribution in [0.1, 0.15) is 55.1 Å². The number of amides is 1. The van der Waals surface area contributed by atoms with E-state index in [1.54, 1.807) is 0 Å². The van der Waals surface area contributed by atoms with Crippen molar-refractivity contribution in [2.24, 2.45) is 0 Å². The van der Waals surface area contributed by atoms with Gasteiger partial charge in [0.25, 0.3) is 5.91 Å². The number of nitrogens with one attached hydrogen (secondary N) is 1. The molecule has 1 saturated heterocycles. The number of carbonyl (C=O) groups excluding carboxylic acids is 2. The van der Waals surface area contributed by atoms with E-state index < -0.39 is 24.6 Å². The predicted molar refractivity (Wildman–Crippen MR) is 178 cm³/mol. The summed E-state index contributed by atoms with van der Waals surface area (Å²) in [6.45, 7) is 7.42. The topological polar surface area (TPSA) is 127 Å². The maximum absolute atomic E-state index is 14.3. The SMILES string of the molecule is CC(C)c1c(C(=O)Nc2ccccc2)c(-c2ccccc2)c(-c2ccc(N3CCOCC3)cc2)n1CC[C@@H](O)C[C@@H](O)CC(=O)[O-].[Na+]. The standard InChI is InChI=1S/C37H43N3O6.Na/c1-25(2)35-34(37(45)38-28-11-7-4-8-12-28)33(26-9-5-3-6-10-26)36(40(35)18-17-30(41)23-31(42)24-32(43)44)27-13-15-29(16-14-27)39-19-21-46-22-20-39;/h3-16,25,30-31,41-42H,17-24H2,1-2H3,(H,38,45)(H,43,44);/q;+1/p-1/t30-,31-;/m1./s1. The number of rotatable bonds is 13. The first-order chi connectivity index (χ1) is 22.2. The molecular formula is C37H42N3NaO6. The molecule has 3 N–H and O–H groups in total. The van der Waals surface area contributed by atoms with Gasteiger partial charge in [-0.2, -0.15) is 0 Å². The Hall–Kier alpha value is -3.44. The number of aliphatic hydroxyl groups excluding tert-OH is 2. The third-order valence-corrected chi connectivity index (χ3v) is 8.32. The Morgan fingerprint density at radius 2 is 1.49 bits per heavy atom. The number of ether oxygens (including phenoxy) is 1. The van der Waals surface area contributed by atoms with E-state index in [0.29, 0.717) is 31.0 Å². The molecule has 0 unspecified atom stereocenters. The first-order valence-electron chi connectivity index (χ1n) is 15.9. The number of aliphatic hydroxyl groups is 2. The smallest absolute Gasteiger partial charge is 0.550 e. The molecule has 0 bridgehead atoms. The maximum Gasteiger partial charge on any atom is 1.00 e. The summed E-state index contributed by atoms with van der Waals surface area (Å²) in [5.74, 6) is -1.67. The second kappa shape index (κ2) is 17.1. The summed E-state index contributed by atoms with van der Waals surface area (Å²) in [5.41, 5.74) is 6.61. The Kier molecular flexibility index (Phi) is 13.2. The summed E-state index contributed by atoms with van der Waals surface area (Å²) in [6, 6.07) is 27.5. The minimum atomic E-state index is -1.36. The molecule has 3 aromatic carbocycles. The molecule has 1 fully saturated rings. The zero-order chi connectivity index (χ0) is 32.6. The first kappa shape index (κ1) is 36.4. The maximum atomic E-state index is 14.3. The largest absolute Gasteiger partial charge is 1.00 e. The molecule has 2 atom stereocenters. The van der Waals surface area contributed by atoms with Crippen molar-refractivity contribution in [1.29, 1.82) is 0 Å². The van der Waals surface area contributed by atoms with Gasteiger partial charge < -0.3 is 39.6 Å². The number of nitrogens with zero attached hydrogens (tertiary/aromatic N) is 2. The average Bonchev–Trinajstić information content (AvgIpc) is 3.40. The van der Waals surface area contributed by atoms with Crippen LogP contribution in [0, 0.1) is 0 Å². The van der Waals surface area contributed by atoms with Gasteiger partial charge in [0.2, 0.25) is 0 Å². The van der Waals surface area contributed by atoms with Gasteiger partial charge in [-0.15, -0.1) is 0 Å². The van der Waals surface area contributed by atoms with Crippen molar-refractivity contribution in [2.75, 3.05) is 36.5 Å². The van der Waals surface area contributed by atoms with Crippen molar-refractivity contribution < 1.29 is 59.2 Å². The molecule has 0 aliphatic carbocycles. The van der Waals surface area contributed by atoms with Crippen molar-refractivity contribution in [3.05, 3.63) is 96.2 Å². The van der Waals surface area contributed by atoms with E-state index in [1.165, 1.54) is 0 Å². The molecule has 1 aliphatic heterocycles. The van der Waals surface area contributed by atoms with E-state index in [1.807, 2.05) is 74.5 Å².